The maximum Gasteiger partial charge on any atom is 0.329 e. The molecule has 1 aliphatic heterocycles. The van der Waals surface area contributed by atoms with Gasteiger partial charge in [-0.1, -0.05) is 29.8 Å². The van der Waals surface area contributed by atoms with Crippen LogP contribution >= 0.6 is 11.6 Å². The zero-order valence-electron chi connectivity index (χ0n) is 15.8. The topological polar surface area (TPSA) is 92.2 Å². The second-order valence-corrected chi connectivity index (χ2v) is 9.46. The molecule has 0 bridgehead atoms. The van der Waals surface area contributed by atoms with Gasteiger partial charge in [0.1, 0.15) is 0 Å². The number of aromatic amines is 1. The van der Waals surface area contributed by atoms with Crippen LogP contribution in [0.1, 0.15) is 24.4 Å². The van der Waals surface area contributed by atoms with Gasteiger partial charge in [-0.05, 0) is 49.6 Å². The molecule has 0 amide bonds. The fourth-order valence-electron chi connectivity index (χ4n) is 3.85. The van der Waals surface area contributed by atoms with Gasteiger partial charge in [0.25, 0.3) is 5.56 Å². The fourth-order valence-corrected chi connectivity index (χ4v) is 5.80. The summed E-state index contributed by atoms with van der Waals surface area (Å²) in [6, 6.07) is 11.3. The fraction of sp³-hybridized carbons (Fsp3) is 0.300. The molecule has 0 saturated carbocycles. The number of sulfonamides is 1. The van der Waals surface area contributed by atoms with Gasteiger partial charge in [-0.2, -0.15) is 4.31 Å². The Morgan fingerprint density at radius 2 is 1.72 bits per heavy atom. The van der Waals surface area contributed by atoms with Crippen molar-refractivity contribution in [3.05, 3.63) is 73.9 Å². The first kappa shape index (κ1) is 19.9. The Morgan fingerprint density at radius 3 is 2.45 bits per heavy atom. The Labute approximate surface area is 172 Å². The zero-order valence-corrected chi connectivity index (χ0v) is 17.3. The van der Waals surface area contributed by atoms with E-state index in [2.05, 4.69) is 4.98 Å². The lowest BCUT2D eigenvalue weighted by atomic mass is 10.1. The first-order valence-electron chi connectivity index (χ1n) is 9.29. The van der Waals surface area contributed by atoms with Gasteiger partial charge in [-0.15, -0.1) is 0 Å². The van der Waals surface area contributed by atoms with Crippen molar-refractivity contribution in [2.45, 2.75) is 30.7 Å². The predicted octanol–water partition coefficient (Wildman–Crippen LogP) is 2.68. The predicted molar refractivity (Wildman–Crippen MR) is 112 cm³/mol. The van der Waals surface area contributed by atoms with Crippen LogP contribution in [0, 0.1) is 6.92 Å². The van der Waals surface area contributed by atoms with Gasteiger partial charge in [0, 0.05) is 24.2 Å². The Hall–Kier alpha value is -2.42. The maximum absolute atomic E-state index is 13.0. The summed E-state index contributed by atoms with van der Waals surface area (Å²) in [4.78, 5) is 28.2. The number of nitrogens with zero attached hydrogens (tertiary/aromatic N) is 2. The average molecular weight is 434 g/mol. The van der Waals surface area contributed by atoms with Crippen molar-refractivity contribution in [2.24, 2.45) is 0 Å². The van der Waals surface area contributed by atoms with Gasteiger partial charge in [-0.3, -0.25) is 9.36 Å². The molecule has 0 radical (unpaired) electrons. The third kappa shape index (κ3) is 3.41. The number of hydrogen-bond acceptors (Lipinski definition) is 4. The van der Waals surface area contributed by atoms with Gasteiger partial charge in [0.2, 0.25) is 10.0 Å². The van der Waals surface area contributed by atoms with Crippen molar-refractivity contribution in [3.8, 4) is 0 Å². The standard InChI is InChI=1S/C20H20ClN3O4S/c1-13-16(21)6-4-8-18(13)29(27,28)23-11-9-14(10-12-23)24-19(25)15-5-2-3-7-17(15)22-20(24)26/h2-8,14H,9-12H2,1H3,(H,22,26). The van der Waals surface area contributed by atoms with Crippen LogP contribution in [0.5, 0.6) is 0 Å². The van der Waals surface area contributed by atoms with E-state index in [9.17, 15) is 18.0 Å². The number of piperidine rings is 1. The highest BCUT2D eigenvalue weighted by Crippen LogP contribution is 2.29. The number of aromatic nitrogens is 2. The molecule has 4 rings (SSSR count). The molecule has 2 heterocycles. The van der Waals surface area contributed by atoms with Crippen LogP contribution < -0.4 is 11.2 Å². The molecule has 1 aromatic heterocycles. The van der Waals surface area contributed by atoms with Gasteiger partial charge < -0.3 is 4.98 Å². The van der Waals surface area contributed by atoms with Crippen molar-refractivity contribution >= 4 is 32.5 Å². The Morgan fingerprint density at radius 1 is 1.03 bits per heavy atom. The lowest BCUT2D eigenvalue weighted by Crippen LogP contribution is -2.45. The Bertz CT molecular complexity index is 1310. The molecular formula is C20H20ClN3O4S. The molecular weight excluding hydrogens is 414 g/mol. The molecule has 0 unspecified atom stereocenters. The molecule has 9 heteroatoms. The third-order valence-corrected chi connectivity index (χ3v) is 7.91. The maximum atomic E-state index is 13.0. The number of halogens is 1. The highest BCUT2D eigenvalue weighted by Gasteiger charge is 2.32. The van der Waals surface area contributed by atoms with E-state index >= 15 is 0 Å². The highest BCUT2D eigenvalue weighted by atomic mass is 35.5. The van der Waals surface area contributed by atoms with Crippen molar-refractivity contribution in [2.75, 3.05) is 13.1 Å². The number of rotatable bonds is 3. The van der Waals surface area contributed by atoms with E-state index in [0.29, 0.717) is 34.3 Å². The summed E-state index contributed by atoms with van der Waals surface area (Å²) >= 11 is 6.09. The second-order valence-electron chi connectivity index (χ2n) is 7.15. The molecule has 1 fully saturated rings. The molecule has 1 N–H and O–H groups in total. The van der Waals surface area contributed by atoms with Crippen LogP contribution in [0.4, 0.5) is 0 Å². The van der Waals surface area contributed by atoms with Crippen molar-refractivity contribution in [1.82, 2.24) is 13.9 Å². The smallest absolute Gasteiger partial charge is 0.307 e. The monoisotopic (exact) mass is 433 g/mol. The lowest BCUT2D eigenvalue weighted by Gasteiger charge is -2.32. The molecule has 7 nitrogen and oxygen atoms in total. The quantitative estimate of drug-likeness (QED) is 0.687. The molecule has 0 atom stereocenters. The number of hydrogen-bond donors (Lipinski definition) is 1. The minimum atomic E-state index is -3.70. The van der Waals surface area contributed by atoms with Gasteiger partial charge in [0.15, 0.2) is 0 Å². The van der Waals surface area contributed by atoms with E-state index in [1.165, 1.54) is 8.87 Å². The van der Waals surface area contributed by atoms with E-state index < -0.39 is 15.7 Å². The number of para-hydroxylation sites is 1. The first-order valence-corrected chi connectivity index (χ1v) is 11.1. The number of benzene rings is 2. The van der Waals surface area contributed by atoms with Gasteiger partial charge in [0.05, 0.1) is 15.8 Å². The number of nitrogens with one attached hydrogen (secondary N) is 1. The minimum Gasteiger partial charge on any atom is -0.307 e. The highest BCUT2D eigenvalue weighted by molar-refractivity contribution is 7.89. The van der Waals surface area contributed by atoms with Gasteiger partial charge >= 0.3 is 5.69 Å². The van der Waals surface area contributed by atoms with Gasteiger partial charge in [-0.25, -0.2) is 13.2 Å². The van der Waals surface area contributed by atoms with Crippen molar-refractivity contribution in [1.29, 1.82) is 0 Å². The molecule has 1 aliphatic rings. The second kappa shape index (κ2) is 7.44. The van der Waals surface area contributed by atoms with Crippen LogP contribution in [0.2, 0.25) is 5.02 Å². The van der Waals surface area contributed by atoms with E-state index in [1.54, 1.807) is 49.4 Å². The van der Waals surface area contributed by atoms with E-state index in [-0.39, 0.29) is 29.6 Å². The summed E-state index contributed by atoms with van der Waals surface area (Å²) in [5.41, 5.74) is 0.186. The molecule has 3 aromatic rings. The summed E-state index contributed by atoms with van der Waals surface area (Å²) in [5.74, 6) is 0. The van der Waals surface area contributed by atoms with Crippen molar-refractivity contribution in [3.63, 3.8) is 0 Å². The first-order chi connectivity index (χ1) is 13.8. The zero-order chi connectivity index (χ0) is 20.8. The van der Waals surface area contributed by atoms with Crippen LogP contribution in [0.15, 0.2) is 56.9 Å². The number of fused-ring (bicyclic) bond motifs is 1. The molecule has 29 heavy (non-hydrogen) atoms. The summed E-state index contributed by atoms with van der Waals surface area (Å²) in [7, 11) is -3.70. The summed E-state index contributed by atoms with van der Waals surface area (Å²) < 4.78 is 28.7. The molecule has 152 valence electrons. The van der Waals surface area contributed by atoms with Crippen molar-refractivity contribution < 1.29 is 8.42 Å². The Kier molecular flexibility index (Phi) is 5.10. The van der Waals surface area contributed by atoms with E-state index in [1.807, 2.05) is 0 Å². The van der Waals surface area contributed by atoms with Crippen LogP contribution in [0.25, 0.3) is 10.9 Å². The lowest BCUT2D eigenvalue weighted by molar-refractivity contribution is 0.266. The normalized spacial score (nSPS) is 16.3. The molecule has 2 aromatic carbocycles. The van der Waals surface area contributed by atoms with Crippen LogP contribution in [-0.4, -0.2) is 35.4 Å². The molecule has 0 spiro atoms. The summed E-state index contributed by atoms with van der Waals surface area (Å²) in [5, 5.41) is 0.840. The van der Waals surface area contributed by atoms with Crippen LogP contribution in [-0.2, 0) is 10.0 Å². The molecule has 1 saturated heterocycles. The number of H-pyrrole nitrogens is 1. The van der Waals surface area contributed by atoms with Crippen LogP contribution in [0.3, 0.4) is 0 Å². The van der Waals surface area contributed by atoms with E-state index in [4.69, 9.17) is 11.6 Å². The minimum absolute atomic E-state index is 0.184. The van der Waals surface area contributed by atoms with E-state index in [0.717, 1.165) is 0 Å². The SMILES string of the molecule is Cc1c(Cl)cccc1S(=O)(=O)N1CCC(n2c(=O)[nH]c3ccccc3c2=O)CC1. The molecule has 0 aliphatic carbocycles. The Balaban J connectivity index is 1.62. The third-order valence-electron chi connectivity index (χ3n) is 5.46. The largest absolute Gasteiger partial charge is 0.329 e. The summed E-state index contributed by atoms with van der Waals surface area (Å²) in [6.45, 7) is 2.12. The average Bonchev–Trinajstić information content (AvgIpc) is 2.70. The summed E-state index contributed by atoms with van der Waals surface area (Å²) in [6.07, 6.45) is 0.750.